The molecule has 148 valence electrons. The molecular weight excluding hydrogens is 475 g/mol. The lowest BCUT2D eigenvalue weighted by atomic mass is 10.1. The molecule has 0 saturated carbocycles. The van der Waals surface area contributed by atoms with Crippen LogP contribution in [-0.4, -0.2) is 12.9 Å². The normalized spacial score (nSPS) is 10.9. The third kappa shape index (κ3) is 5.86. The van der Waals surface area contributed by atoms with Crippen molar-refractivity contribution in [2.24, 2.45) is 0 Å². The topological polar surface area (TPSA) is 35.5 Å². The number of methoxy groups -OCH3 is 1. The Morgan fingerprint density at radius 3 is 2.41 bits per heavy atom. The van der Waals surface area contributed by atoms with Gasteiger partial charge in [-0.2, -0.15) is 0 Å². The molecule has 0 amide bonds. The Morgan fingerprint density at radius 1 is 1.00 bits per heavy atom. The van der Waals surface area contributed by atoms with E-state index in [0.29, 0.717) is 27.1 Å². The lowest BCUT2D eigenvalue weighted by molar-refractivity contribution is 0.104. The molecule has 0 aromatic heterocycles. The zero-order chi connectivity index (χ0) is 20.8. The molecule has 0 aliphatic rings. The van der Waals surface area contributed by atoms with Crippen LogP contribution in [0.15, 0.2) is 71.2 Å². The van der Waals surface area contributed by atoms with Crippen LogP contribution >= 0.6 is 39.1 Å². The predicted molar refractivity (Wildman–Crippen MR) is 121 cm³/mol. The minimum absolute atomic E-state index is 0.0703. The molecule has 0 saturated heterocycles. The van der Waals surface area contributed by atoms with E-state index in [9.17, 15) is 4.79 Å². The summed E-state index contributed by atoms with van der Waals surface area (Å²) < 4.78 is 12.2. The molecule has 3 aromatic rings. The van der Waals surface area contributed by atoms with Crippen molar-refractivity contribution < 1.29 is 14.3 Å². The van der Waals surface area contributed by atoms with Crippen molar-refractivity contribution in [2.45, 2.75) is 6.61 Å². The first-order valence-electron chi connectivity index (χ1n) is 8.69. The van der Waals surface area contributed by atoms with Gasteiger partial charge in [-0.1, -0.05) is 51.3 Å². The molecule has 0 fully saturated rings. The molecule has 3 nitrogen and oxygen atoms in total. The summed E-state index contributed by atoms with van der Waals surface area (Å²) in [5, 5.41) is 0.982. The first kappa shape index (κ1) is 21.4. The predicted octanol–water partition coefficient (Wildman–Crippen LogP) is 7.24. The second kappa shape index (κ2) is 9.97. The highest BCUT2D eigenvalue weighted by Crippen LogP contribution is 2.29. The molecule has 6 heteroatoms. The maximum absolute atomic E-state index is 12.3. The number of benzene rings is 3. The van der Waals surface area contributed by atoms with Gasteiger partial charge in [0.25, 0.3) is 0 Å². The summed E-state index contributed by atoms with van der Waals surface area (Å²) in [4.78, 5) is 12.3. The average molecular weight is 492 g/mol. The zero-order valence-electron chi connectivity index (χ0n) is 15.5. The van der Waals surface area contributed by atoms with E-state index in [0.717, 1.165) is 15.6 Å². The maximum Gasteiger partial charge on any atom is 0.185 e. The zero-order valence-corrected chi connectivity index (χ0v) is 18.6. The van der Waals surface area contributed by atoms with Crippen LogP contribution in [0.5, 0.6) is 11.5 Å². The third-order valence-corrected chi connectivity index (χ3v) is 5.20. The summed E-state index contributed by atoms with van der Waals surface area (Å²) in [5.74, 6) is 1.15. The van der Waals surface area contributed by atoms with Crippen molar-refractivity contribution in [3.05, 3.63) is 97.9 Å². The standard InChI is InChI=1S/C23H17BrCl2O3/c1-28-22-10-3-15(2-9-21(27)16-4-6-18(24)7-5-16)12-17(22)14-29-23-11-8-19(25)13-20(23)26/h2-13H,14H2,1H3/b9-2+. The van der Waals surface area contributed by atoms with E-state index in [2.05, 4.69) is 15.9 Å². The Labute approximate surface area is 188 Å². The quantitative estimate of drug-likeness (QED) is 0.258. The van der Waals surface area contributed by atoms with Gasteiger partial charge >= 0.3 is 0 Å². The highest BCUT2D eigenvalue weighted by molar-refractivity contribution is 9.10. The fourth-order valence-electron chi connectivity index (χ4n) is 2.65. The Morgan fingerprint density at radius 2 is 1.72 bits per heavy atom. The molecule has 0 atom stereocenters. The molecule has 29 heavy (non-hydrogen) atoms. The number of carbonyl (C=O) groups is 1. The average Bonchev–Trinajstić information content (AvgIpc) is 2.72. The number of carbonyl (C=O) groups excluding carboxylic acids is 1. The number of rotatable bonds is 7. The molecule has 3 aromatic carbocycles. The molecule has 0 unspecified atom stereocenters. The number of hydrogen-bond acceptors (Lipinski definition) is 3. The van der Waals surface area contributed by atoms with Gasteiger partial charge in [-0.05, 0) is 66.2 Å². The van der Waals surface area contributed by atoms with Crippen LogP contribution in [0.25, 0.3) is 6.08 Å². The van der Waals surface area contributed by atoms with Gasteiger partial charge in [-0.15, -0.1) is 0 Å². The maximum atomic E-state index is 12.3. The van der Waals surface area contributed by atoms with Crippen LogP contribution in [0, 0.1) is 0 Å². The molecule has 0 bridgehead atoms. The molecule has 0 radical (unpaired) electrons. The highest BCUT2D eigenvalue weighted by atomic mass is 79.9. The largest absolute Gasteiger partial charge is 0.496 e. The first-order chi connectivity index (χ1) is 14.0. The van der Waals surface area contributed by atoms with Crippen LogP contribution in [0.4, 0.5) is 0 Å². The van der Waals surface area contributed by atoms with E-state index < -0.39 is 0 Å². The minimum atomic E-state index is -0.0703. The Balaban J connectivity index is 1.75. The van der Waals surface area contributed by atoms with E-state index in [1.807, 2.05) is 30.3 Å². The van der Waals surface area contributed by atoms with E-state index in [1.165, 1.54) is 0 Å². The van der Waals surface area contributed by atoms with E-state index >= 15 is 0 Å². The summed E-state index contributed by atoms with van der Waals surface area (Å²) in [6, 6.07) is 17.9. The molecule has 0 aliphatic heterocycles. The smallest absolute Gasteiger partial charge is 0.185 e. The van der Waals surface area contributed by atoms with Crippen molar-refractivity contribution in [1.82, 2.24) is 0 Å². The van der Waals surface area contributed by atoms with Gasteiger partial charge in [0.15, 0.2) is 5.78 Å². The van der Waals surface area contributed by atoms with E-state index in [4.69, 9.17) is 32.7 Å². The van der Waals surface area contributed by atoms with Crippen LogP contribution in [0.3, 0.4) is 0 Å². The van der Waals surface area contributed by atoms with Gasteiger partial charge in [0.05, 0.1) is 12.1 Å². The molecule has 0 spiro atoms. The fraction of sp³-hybridized carbons (Fsp3) is 0.0870. The van der Waals surface area contributed by atoms with Crippen molar-refractivity contribution >= 4 is 51.0 Å². The molecule has 0 N–H and O–H groups in total. The number of allylic oxidation sites excluding steroid dienone is 1. The van der Waals surface area contributed by atoms with Gasteiger partial charge in [0, 0.05) is 20.6 Å². The van der Waals surface area contributed by atoms with Crippen LogP contribution in [-0.2, 0) is 6.61 Å². The number of hydrogen-bond donors (Lipinski definition) is 0. The molecule has 0 heterocycles. The van der Waals surface area contributed by atoms with Gasteiger partial charge in [-0.25, -0.2) is 0 Å². The van der Waals surface area contributed by atoms with Crippen molar-refractivity contribution in [3.63, 3.8) is 0 Å². The molecule has 0 aliphatic carbocycles. The van der Waals surface area contributed by atoms with Gasteiger partial charge in [0.1, 0.15) is 18.1 Å². The lowest BCUT2D eigenvalue weighted by Crippen LogP contribution is -2.00. The summed E-state index contributed by atoms with van der Waals surface area (Å²) in [5.41, 5.74) is 2.31. The molecule has 3 rings (SSSR count). The summed E-state index contributed by atoms with van der Waals surface area (Å²) in [6.45, 7) is 0.257. The summed E-state index contributed by atoms with van der Waals surface area (Å²) in [7, 11) is 1.60. The summed E-state index contributed by atoms with van der Waals surface area (Å²) >= 11 is 15.4. The van der Waals surface area contributed by atoms with Gasteiger partial charge in [-0.3, -0.25) is 4.79 Å². The van der Waals surface area contributed by atoms with Crippen LogP contribution < -0.4 is 9.47 Å². The monoisotopic (exact) mass is 490 g/mol. The van der Waals surface area contributed by atoms with Crippen molar-refractivity contribution in [1.29, 1.82) is 0 Å². The van der Waals surface area contributed by atoms with Crippen LogP contribution in [0.2, 0.25) is 10.0 Å². The van der Waals surface area contributed by atoms with Gasteiger partial charge < -0.3 is 9.47 Å². The number of ketones is 1. The highest BCUT2D eigenvalue weighted by Gasteiger charge is 2.08. The number of halogens is 3. The second-order valence-electron chi connectivity index (χ2n) is 6.14. The van der Waals surface area contributed by atoms with Crippen LogP contribution in [0.1, 0.15) is 21.5 Å². The SMILES string of the molecule is COc1ccc(/C=C/C(=O)c2ccc(Br)cc2)cc1COc1ccc(Cl)cc1Cl. The number of ether oxygens (including phenoxy) is 2. The summed E-state index contributed by atoms with van der Waals surface area (Å²) in [6.07, 6.45) is 3.31. The van der Waals surface area contributed by atoms with Gasteiger partial charge in [0.2, 0.25) is 0 Å². The first-order valence-corrected chi connectivity index (χ1v) is 10.2. The Bertz CT molecular complexity index is 1050. The second-order valence-corrected chi connectivity index (χ2v) is 7.90. The molecular formula is C23H17BrCl2O3. The van der Waals surface area contributed by atoms with Crippen molar-refractivity contribution in [2.75, 3.05) is 7.11 Å². The van der Waals surface area contributed by atoms with Crippen molar-refractivity contribution in [3.8, 4) is 11.5 Å². The minimum Gasteiger partial charge on any atom is -0.496 e. The Kier molecular flexibility index (Phi) is 7.37. The third-order valence-electron chi connectivity index (χ3n) is 4.14. The van der Waals surface area contributed by atoms with E-state index in [1.54, 1.807) is 49.6 Å². The van der Waals surface area contributed by atoms with E-state index in [-0.39, 0.29) is 12.4 Å². The fourth-order valence-corrected chi connectivity index (χ4v) is 3.37. The lowest BCUT2D eigenvalue weighted by Gasteiger charge is -2.12. The Hall–Kier alpha value is -2.27.